The highest BCUT2D eigenvalue weighted by Crippen LogP contribution is 2.26. The first kappa shape index (κ1) is 12.5. The van der Waals surface area contributed by atoms with Gasteiger partial charge in [-0.15, -0.1) is 0 Å². The average molecular weight is 276 g/mol. The molecule has 1 aromatic heterocycles. The fraction of sp³-hybridized carbons (Fsp3) is 0.500. The highest BCUT2D eigenvalue weighted by Gasteiger charge is 2.20. The fourth-order valence-corrected chi connectivity index (χ4v) is 2.06. The molecule has 1 atom stereocenters. The number of aromatic nitrogens is 2. The van der Waals surface area contributed by atoms with Crippen LogP contribution in [0.2, 0.25) is 10.3 Å². The molecule has 0 bridgehead atoms. The van der Waals surface area contributed by atoms with E-state index in [0.717, 1.165) is 12.8 Å². The summed E-state index contributed by atoms with van der Waals surface area (Å²) < 4.78 is 5.36. The highest BCUT2D eigenvalue weighted by molar-refractivity contribution is 6.38. The molecule has 1 N–H and O–H groups in total. The first-order valence-electron chi connectivity index (χ1n) is 5.24. The summed E-state index contributed by atoms with van der Waals surface area (Å²) in [5.41, 5.74) is 0.249. The minimum atomic E-state index is -0.199. The second kappa shape index (κ2) is 5.62. The minimum Gasteiger partial charge on any atom is -0.378 e. The molecule has 1 saturated heterocycles. The predicted molar refractivity (Wildman–Crippen MR) is 64.3 cm³/mol. The van der Waals surface area contributed by atoms with Gasteiger partial charge in [-0.25, -0.2) is 9.97 Å². The second-order valence-electron chi connectivity index (χ2n) is 3.72. The summed E-state index contributed by atoms with van der Waals surface area (Å²) >= 11 is 11.6. The SMILES string of the molecule is O=C(CC1CCCO1)Nc1c(Cl)ncnc1Cl. The number of halogens is 2. The number of nitrogens with one attached hydrogen (secondary N) is 1. The summed E-state index contributed by atoms with van der Waals surface area (Å²) in [6.45, 7) is 0.716. The van der Waals surface area contributed by atoms with Gasteiger partial charge in [-0.05, 0) is 12.8 Å². The van der Waals surface area contributed by atoms with E-state index >= 15 is 0 Å². The van der Waals surface area contributed by atoms with Gasteiger partial charge in [-0.2, -0.15) is 0 Å². The summed E-state index contributed by atoms with van der Waals surface area (Å²) in [6.07, 6.45) is 3.41. The molecule has 1 aliphatic heterocycles. The van der Waals surface area contributed by atoms with Crippen molar-refractivity contribution >= 4 is 34.8 Å². The van der Waals surface area contributed by atoms with E-state index in [2.05, 4.69) is 15.3 Å². The van der Waals surface area contributed by atoms with Gasteiger partial charge in [0.2, 0.25) is 5.91 Å². The smallest absolute Gasteiger partial charge is 0.227 e. The zero-order chi connectivity index (χ0) is 12.3. The monoisotopic (exact) mass is 275 g/mol. The number of amides is 1. The summed E-state index contributed by atoms with van der Waals surface area (Å²) in [4.78, 5) is 19.2. The molecule has 5 nitrogen and oxygen atoms in total. The molecule has 2 heterocycles. The summed E-state index contributed by atoms with van der Waals surface area (Å²) in [5, 5.41) is 2.86. The maximum absolute atomic E-state index is 11.7. The van der Waals surface area contributed by atoms with Crippen LogP contribution in [0.5, 0.6) is 0 Å². The van der Waals surface area contributed by atoms with Crippen LogP contribution in [-0.2, 0) is 9.53 Å². The van der Waals surface area contributed by atoms with Gasteiger partial charge < -0.3 is 10.1 Å². The number of hydrogen-bond donors (Lipinski definition) is 1. The molecular formula is C10H11Cl2N3O2. The molecule has 1 aromatic rings. The van der Waals surface area contributed by atoms with E-state index in [9.17, 15) is 4.79 Å². The van der Waals surface area contributed by atoms with Gasteiger partial charge in [-0.1, -0.05) is 23.2 Å². The lowest BCUT2D eigenvalue weighted by molar-refractivity contribution is -0.118. The molecule has 1 amide bonds. The van der Waals surface area contributed by atoms with Crippen molar-refractivity contribution in [3.63, 3.8) is 0 Å². The van der Waals surface area contributed by atoms with E-state index in [4.69, 9.17) is 27.9 Å². The van der Waals surface area contributed by atoms with E-state index in [0.29, 0.717) is 13.0 Å². The summed E-state index contributed by atoms with van der Waals surface area (Å²) in [5.74, 6) is -0.199. The molecule has 1 aliphatic rings. The molecule has 0 radical (unpaired) electrons. The Morgan fingerprint density at radius 3 is 2.76 bits per heavy atom. The number of nitrogens with zero attached hydrogens (tertiary/aromatic N) is 2. The van der Waals surface area contributed by atoms with Crippen LogP contribution in [0.4, 0.5) is 5.69 Å². The van der Waals surface area contributed by atoms with Crippen molar-refractivity contribution in [1.82, 2.24) is 9.97 Å². The Balaban J connectivity index is 1.97. The third-order valence-corrected chi connectivity index (χ3v) is 3.03. The molecule has 2 rings (SSSR count). The number of anilines is 1. The Kier molecular flexibility index (Phi) is 4.15. The van der Waals surface area contributed by atoms with Crippen LogP contribution in [-0.4, -0.2) is 28.6 Å². The van der Waals surface area contributed by atoms with Crippen molar-refractivity contribution in [2.45, 2.75) is 25.4 Å². The van der Waals surface area contributed by atoms with Crippen LogP contribution in [0, 0.1) is 0 Å². The Morgan fingerprint density at radius 2 is 2.18 bits per heavy atom. The lowest BCUT2D eigenvalue weighted by Gasteiger charge is -2.10. The maximum Gasteiger partial charge on any atom is 0.227 e. The van der Waals surface area contributed by atoms with Crippen LogP contribution in [0.1, 0.15) is 19.3 Å². The molecule has 0 spiro atoms. The van der Waals surface area contributed by atoms with Crippen LogP contribution in [0.15, 0.2) is 6.33 Å². The maximum atomic E-state index is 11.7. The minimum absolute atomic E-state index is 0.0165. The van der Waals surface area contributed by atoms with Crippen molar-refractivity contribution in [1.29, 1.82) is 0 Å². The van der Waals surface area contributed by atoms with Crippen LogP contribution in [0.25, 0.3) is 0 Å². The lowest BCUT2D eigenvalue weighted by atomic mass is 10.2. The number of rotatable bonds is 3. The number of ether oxygens (including phenoxy) is 1. The number of carbonyl (C=O) groups excluding carboxylic acids is 1. The number of hydrogen-bond acceptors (Lipinski definition) is 4. The van der Waals surface area contributed by atoms with Crippen molar-refractivity contribution < 1.29 is 9.53 Å². The molecule has 17 heavy (non-hydrogen) atoms. The largest absolute Gasteiger partial charge is 0.378 e. The number of carbonyl (C=O) groups is 1. The molecule has 0 aliphatic carbocycles. The summed E-state index contributed by atoms with van der Waals surface area (Å²) in [6, 6.07) is 0. The molecule has 7 heteroatoms. The second-order valence-corrected chi connectivity index (χ2v) is 4.43. The molecular weight excluding hydrogens is 265 g/mol. The lowest BCUT2D eigenvalue weighted by Crippen LogP contribution is -2.19. The third-order valence-electron chi connectivity index (χ3n) is 2.46. The third kappa shape index (κ3) is 3.28. The van der Waals surface area contributed by atoms with Crippen molar-refractivity contribution in [3.05, 3.63) is 16.6 Å². The zero-order valence-corrected chi connectivity index (χ0v) is 10.5. The van der Waals surface area contributed by atoms with E-state index in [-0.39, 0.29) is 28.0 Å². The van der Waals surface area contributed by atoms with Crippen LogP contribution < -0.4 is 5.32 Å². The van der Waals surface area contributed by atoms with Gasteiger partial charge >= 0.3 is 0 Å². The molecule has 92 valence electrons. The van der Waals surface area contributed by atoms with Crippen LogP contribution >= 0.6 is 23.2 Å². The zero-order valence-electron chi connectivity index (χ0n) is 8.95. The molecule has 1 fully saturated rings. The average Bonchev–Trinajstić information content (AvgIpc) is 2.76. The van der Waals surface area contributed by atoms with E-state index in [1.807, 2.05) is 0 Å². The first-order valence-corrected chi connectivity index (χ1v) is 6.00. The standard InChI is InChI=1S/C10H11Cl2N3O2/c11-9-8(10(12)14-5-13-9)15-7(16)4-6-2-1-3-17-6/h5-6H,1-4H2,(H,15,16). The van der Waals surface area contributed by atoms with Gasteiger partial charge in [0.1, 0.15) is 12.0 Å². The molecule has 0 aromatic carbocycles. The van der Waals surface area contributed by atoms with Crippen molar-refractivity contribution in [2.24, 2.45) is 0 Å². The quantitative estimate of drug-likeness (QED) is 0.860. The Bertz CT molecular complexity index is 402. The Hall–Kier alpha value is -0.910. The van der Waals surface area contributed by atoms with E-state index < -0.39 is 0 Å². The van der Waals surface area contributed by atoms with E-state index in [1.165, 1.54) is 6.33 Å². The van der Waals surface area contributed by atoms with Crippen molar-refractivity contribution in [2.75, 3.05) is 11.9 Å². The molecule has 1 unspecified atom stereocenters. The van der Waals surface area contributed by atoms with Crippen molar-refractivity contribution in [3.8, 4) is 0 Å². The molecule has 0 saturated carbocycles. The normalized spacial score (nSPS) is 19.3. The topological polar surface area (TPSA) is 64.1 Å². The summed E-state index contributed by atoms with van der Waals surface area (Å²) in [7, 11) is 0. The van der Waals surface area contributed by atoms with Gasteiger partial charge in [0.05, 0.1) is 12.5 Å². The highest BCUT2D eigenvalue weighted by atomic mass is 35.5. The van der Waals surface area contributed by atoms with Gasteiger partial charge in [0, 0.05) is 6.61 Å². The van der Waals surface area contributed by atoms with Crippen LogP contribution in [0.3, 0.4) is 0 Å². The van der Waals surface area contributed by atoms with Gasteiger partial charge in [0.25, 0.3) is 0 Å². The van der Waals surface area contributed by atoms with Gasteiger partial charge in [0.15, 0.2) is 10.3 Å². The fourth-order valence-electron chi connectivity index (χ4n) is 1.65. The van der Waals surface area contributed by atoms with E-state index in [1.54, 1.807) is 0 Å². The predicted octanol–water partition coefficient (Wildman–Crippen LogP) is 2.29. The Morgan fingerprint density at radius 1 is 1.47 bits per heavy atom. The first-order chi connectivity index (χ1) is 8.16. The van der Waals surface area contributed by atoms with Gasteiger partial charge in [-0.3, -0.25) is 4.79 Å². The Labute approximate surface area is 108 Å².